The molecule has 2 aromatic rings. The standard InChI is InChI=1S/C26H36ClN5O4/c1-18(2)14-20-17-36-23-8-6-19(27)15-22(23)26(35)28-11-4-5-13-32(16-24(33)30-20)25(34)9-7-21-10-12-29-31(21)3/h6,8,10,12,15,18,20H,4-5,7,9,11,13-14,16-17H2,1-3H3,(H,28,35)(H,30,33)/t20-/m0/s1. The number of carbonyl (C=O) groups is 3. The molecule has 0 aliphatic carbocycles. The van der Waals surface area contributed by atoms with Crippen LogP contribution in [0.5, 0.6) is 5.75 Å². The highest BCUT2D eigenvalue weighted by molar-refractivity contribution is 6.31. The Morgan fingerprint density at radius 3 is 2.78 bits per heavy atom. The lowest BCUT2D eigenvalue weighted by molar-refractivity contribution is -0.136. The molecule has 9 nitrogen and oxygen atoms in total. The van der Waals surface area contributed by atoms with Crippen molar-refractivity contribution in [3.63, 3.8) is 0 Å². The Kier molecular flexibility index (Phi) is 10.2. The van der Waals surface area contributed by atoms with Crippen LogP contribution in [-0.4, -0.2) is 64.7 Å². The molecule has 3 rings (SSSR count). The van der Waals surface area contributed by atoms with Crippen LogP contribution in [-0.2, 0) is 23.1 Å². The van der Waals surface area contributed by atoms with Crippen molar-refractivity contribution in [2.24, 2.45) is 13.0 Å². The van der Waals surface area contributed by atoms with Crippen molar-refractivity contribution in [1.82, 2.24) is 25.3 Å². The molecule has 0 radical (unpaired) electrons. The van der Waals surface area contributed by atoms with E-state index in [0.29, 0.717) is 61.0 Å². The number of fused-ring (bicyclic) bond motifs is 1. The van der Waals surface area contributed by atoms with Gasteiger partial charge in [-0.1, -0.05) is 25.4 Å². The average molecular weight is 518 g/mol. The van der Waals surface area contributed by atoms with Crippen molar-refractivity contribution in [2.45, 2.75) is 52.0 Å². The molecule has 0 saturated carbocycles. The number of aromatic nitrogens is 2. The summed E-state index contributed by atoms with van der Waals surface area (Å²) in [6.45, 7) is 5.18. The number of rotatable bonds is 5. The lowest BCUT2D eigenvalue weighted by Gasteiger charge is -2.25. The van der Waals surface area contributed by atoms with Gasteiger partial charge in [0.15, 0.2) is 0 Å². The Labute approximate surface area is 217 Å². The van der Waals surface area contributed by atoms with Crippen molar-refractivity contribution in [3.05, 3.63) is 46.7 Å². The summed E-state index contributed by atoms with van der Waals surface area (Å²) < 4.78 is 7.74. The monoisotopic (exact) mass is 517 g/mol. The van der Waals surface area contributed by atoms with Gasteiger partial charge in [0.1, 0.15) is 12.4 Å². The van der Waals surface area contributed by atoms with Crippen molar-refractivity contribution in [3.8, 4) is 5.75 Å². The summed E-state index contributed by atoms with van der Waals surface area (Å²) in [5.74, 6) is 0.153. The molecule has 1 atom stereocenters. The van der Waals surface area contributed by atoms with Gasteiger partial charge in [-0.25, -0.2) is 0 Å². The minimum atomic E-state index is -0.277. The third-order valence-corrected chi connectivity index (χ3v) is 6.33. The van der Waals surface area contributed by atoms with E-state index in [1.165, 1.54) is 0 Å². The van der Waals surface area contributed by atoms with Crippen LogP contribution in [0.25, 0.3) is 0 Å². The summed E-state index contributed by atoms with van der Waals surface area (Å²) in [5.41, 5.74) is 1.32. The van der Waals surface area contributed by atoms with E-state index >= 15 is 0 Å². The van der Waals surface area contributed by atoms with Gasteiger partial charge in [0, 0.05) is 43.5 Å². The molecule has 0 fully saturated rings. The van der Waals surface area contributed by atoms with E-state index in [9.17, 15) is 14.4 Å². The molecule has 1 aliphatic rings. The highest BCUT2D eigenvalue weighted by Gasteiger charge is 2.22. The summed E-state index contributed by atoms with van der Waals surface area (Å²) >= 11 is 6.13. The first-order valence-electron chi connectivity index (χ1n) is 12.5. The topological polar surface area (TPSA) is 106 Å². The van der Waals surface area contributed by atoms with E-state index in [1.54, 1.807) is 34.0 Å². The summed E-state index contributed by atoms with van der Waals surface area (Å²) in [4.78, 5) is 40.5. The number of benzene rings is 1. The summed E-state index contributed by atoms with van der Waals surface area (Å²) in [5, 5.41) is 10.5. The van der Waals surface area contributed by atoms with E-state index in [4.69, 9.17) is 16.3 Å². The molecule has 0 bridgehead atoms. The normalized spacial score (nSPS) is 17.9. The second-order valence-corrected chi connectivity index (χ2v) is 10.0. The molecule has 0 spiro atoms. The van der Waals surface area contributed by atoms with Crippen molar-refractivity contribution in [1.29, 1.82) is 0 Å². The van der Waals surface area contributed by atoms with Crippen molar-refractivity contribution < 1.29 is 19.1 Å². The van der Waals surface area contributed by atoms with Gasteiger partial charge in [0.25, 0.3) is 5.91 Å². The number of hydrogen-bond donors (Lipinski definition) is 2. The number of carbonyl (C=O) groups excluding carboxylic acids is 3. The van der Waals surface area contributed by atoms with Crippen LogP contribution in [0.4, 0.5) is 0 Å². The Hall–Kier alpha value is -3.07. The van der Waals surface area contributed by atoms with Crippen LogP contribution < -0.4 is 15.4 Å². The number of aryl methyl sites for hydroxylation is 2. The number of nitrogens with zero attached hydrogens (tertiary/aromatic N) is 3. The Balaban J connectivity index is 1.74. The van der Waals surface area contributed by atoms with Crippen LogP contribution in [0, 0.1) is 5.92 Å². The third kappa shape index (κ3) is 8.26. The summed E-state index contributed by atoms with van der Waals surface area (Å²) in [6, 6.07) is 6.54. The fourth-order valence-electron chi connectivity index (χ4n) is 4.24. The van der Waals surface area contributed by atoms with Gasteiger partial charge in [-0.15, -0.1) is 0 Å². The summed E-state index contributed by atoms with van der Waals surface area (Å²) in [6.07, 6.45) is 4.54. The molecule has 2 N–H and O–H groups in total. The van der Waals surface area contributed by atoms with E-state index < -0.39 is 0 Å². The molecule has 1 aromatic carbocycles. The van der Waals surface area contributed by atoms with E-state index in [0.717, 1.165) is 5.69 Å². The maximum atomic E-state index is 13.0. The second-order valence-electron chi connectivity index (χ2n) is 9.57. The Morgan fingerprint density at radius 2 is 2.06 bits per heavy atom. The van der Waals surface area contributed by atoms with Crippen molar-refractivity contribution in [2.75, 3.05) is 26.2 Å². The lowest BCUT2D eigenvalue weighted by Crippen LogP contribution is -2.46. The molecule has 196 valence electrons. The molecular weight excluding hydrogens is 482 g/mol. The first kappa shape index (κ1) is 27.5. The zero-order chi connectivity index (χ0) is 26.1. The Morgan fingerprint density at radius 1 is 1.25 bits per heavy atom. The van der Waals surface area contributed by atoms with E-state index in [1.807, 2.05) is 13.1 Å². The number of nitrogens with one attached hydrogen (secondary N) is 2. The number of amides is 3. The highest BCUT2D eigenvalue weighted by Crippen LogP contribution is 2.24. The quantitative estimate of drug-likeness (QED) is 0.634. The van der Waals surface area contributed by atoms with Crippen LogP contribution in [0.1, 0.15) is 55.6 Å². The fourth-order valence-corrected chi connectivity index (χ4v) is 4.41. The third-order valence-electron chi connectivity index (χ3n) is 6.09. The van der Waals surface area contributed by atoms with E-state index in [2.05, 4.69) is 29.6 Å². The molecule has 1 aliphatic heterocycles. The predicted molar refractivity (Wildman–Crippen MR) is 138 cm³/mol. The minimum Gasteiger partial charge on any atom is -0.491 e. The van der Waals surface area contributed by atoms with Gasteiger partial charge < -0.3 is 20.3 Å². The molecular formula is C26H36ClN5O4. The smallest absolute Gasteiger partial charge is 0.255 e. The van der Waals surface area contributed by atoms with Crippen LogP contribution in [0.15, 0.2) is 30.5 Å². The zero-order valence-electron chi connectivity index (χ0n) is 21.3. The highest BCUT2D eigenvalue weighted by atomic mass is 35.5. The van der Waals surface area contributed by atoms with E-state index in [-0.39, 0.29) is 43.3 Å². The van der Waals surface area contributed by atoms with Gasteiger partial charge >= 0.3 is 0 Å². The second kappa shape index (κ2) is 13.3. The first-order valence-corrected chi connectivity index (χ1v) is 12.8. The minimum absolute atomic E-state index is 0.0165. The predicted octanol–water partition coefficient (Wildman–Crippen LogP) is 2.97. The average Bonchev–Trinajstić information content (AvgIpc) is 3.23. The molecule has 0 saturated heterocycles. The lowest BCUT2D eigenvalue weighted by atomic mass is 10.0. The van der Waals surface area contributed by atoms with Gasteiger partial charge in [-0.3, -0.25) is 19.1 Å². The van der Waals surface area contributed by atoms with Crippen LogP contribution in [0.2, 0.25) is 5.02 Å². The van der Waals surface area contributed by atoms with Crippen LogP contribution >= 0.6 is 11.6 Å². The number of halogens is 1. The first-order chi connectivity index (χ1) is 17.2. The molecule has 3 amide bonds. The number of ether oxygens (including phenoxy) is 1. The molecule has 36 heavy (non-hydrogen) atoms. The maximum absolute atomic E-state index is 13.0. The zero-order valence-corrected chi connectivity index (χ0v) is 22.0. The van der Waals surface area contributed by atoms with Crippen LogP contribution in [0.3, 0.4) is 0 Å². The molecule has 1 aromatic heterocycles. The van der Waals surface area contributed by atoms with Gasteiger partial charge in [-0.05, 0) is 55.9 Å². The van der Waals surface area contributed by atoms with Crippen molar-refractivity contribution >= 4 is 29.3 Å². The molecule has 10 heteroatoms. The largest absolute Gasteiger partial charge is 0.491 e. The molecule has 0 unspecified atom stereocenters. The number of hydrogen-bond acceptors (Lipinski definition) is 5. The van der Waals surface area contributed by atoms with Gasteiger partial charge in [0.2, 0.25) is 11.8 Å². The maximum Gasteiger partial charge on any atom is 0.255 e. The van der Waals surface area contributed by atoms with Gasteiger partial charge in [-0.2, -0.15) is 5.10 Å². The SMILES string of the molecule is CC(C)C[C@H]1COc2ccc(Cl)cc2C(=O)NCCCCN(C(=O)CCc2ccnn2C)CC(=O)N1. The van der Waals surface area contributed by atoms with Gasteiger partial charge in [0.05, 0.1) is 18.2 Å². The summed E-state index contributed by atoms with van der Waals surface area (Å²) in [7, 11) is 1.84. The Bertz CT molecular complexity index is 1050. The fraction of sp³-hybridized carbons (Fsp3) is 0.538. The molecule has 2 heterocycles.